The molecule has 0 aliphatic rings. The highest BCUT2D eigenvalue weighted by molar-refractivity contribution is 7.98. The number of hydrogen-bond donors (Lipinski definition) is 1. The van der Waals surface area contributed by atoms with E-state index >= 15 is 0 Å². The maximum absolute atomic E-state index is 11.4. The van der Waals surface area contributed by atoms with Crippen molar-refractivity contribution in [2.75, 3.05) is 18.3 Å². The summed E-state index contributed by atoms with van der Waals surface area (Å²) in [5.74, 6) is 5.95. The van der Waals surface area contributed by atoms with Gasteiger partial charge in [0.05, 0.1) is 0 Å². The summed E-state index contributed by atoms with van der Waals surface area (Å²) in [5.41, 5.74) is -0.105. The third kappa shape index (κ3) is 2.02. The average Bonchev–Trinajstić information content (AvgIpc) is 2.09. The van der Waals surface area contributed by atoms with Crippen LogP contribution in [0.4, 0.5) is 5.82 Å². The molecular formula is C7H12N4OS. The Balaban J connectivity index is 3.31. The van der Waals surface area contributed by atoms with E-state index < -0.39 is 0 Å². The van der Waals surface area contributed by atoms with Gasteiger partial charge in [-0.15, -0.1) is 0 Å². The van der Waals surface area contributed by atoms with Gasteiger partial charge in [-0.3, -0.25) is 14.4 Å². The lowest BCUT2D eigenvalue weighted by Gasteiger charge is -2.12. The second kappa shape index (κ2) is 3.80. The molecule has 0 saturated carbocycles. The fourth-order valence-corrected chi connectivity index (χ4v) is 1.42. The van der Waals surface area contributed by atoms with Gasteiger partial charge < -0.3 is 0 Å². The van der Waals surface area contributed by atoms with Gasteiger partial charge in [0.1, 0.15) is 0 Å². The molecule has 5 nitrogen and oxygen atoms in total. The lowest BCUT2D eigenvalue weighted by molar-refractivity contribution is 0.703. The number of hydrazine groups is 1. The van der Waals surface area contributed by atoms with Crippen molar-refractivity contribution in [2.45, 2.75) is 5.16 Å². The van der Waals surface area contributed by atoms with Crippen molar-refractivity contribution in [2.24, 2.45) is 12.9 Å². The first kappa shape index (κ1) is 10.1. The molecule has 0 bridgehead atoms. The van der Waals surface area contributed by atoms with Crippen molar-refractivity contribution in [3.8, 4) is 0 Å². The van der Waals surface area contributed by atoms with E-state index in [-0.39, 0.29) is 5.56 Å². The van der Waals surface area contributed by atoms with E-state index in [0.717, 1.165) is 0 Å². The fourth-order valence-electron chi connectivity index (χ4n) is 0.870. The first-order chi connectivity index (χ1) is 6.06. The molecule has 6 heteroatoms. The van der Waals surface area contributed by atoms with Gasteiger partial charge in [-0.05, 0) is 6.26 Å². The minimum absolute atomic E-state index is 0.105. The minimum Gasteiger partial charge on any atom is -0.298 e. The number of thioether (sulfide) groups is 1. The Hall–Kier alpha value is -1.01. The third-order valence-electron chi connectivity index (χ3n) is 1.62. The van der Waals surface area contributed by atoms with Crippen molar-refractivity contribution in [3.05, 3.63) is 16.4 Å². The SMILES string of the molecule is CSc1nc(N(C)N)cc(=O)n1C. The standard InChI is InChI=1S/C7H12N4OS/c1-10-6(12)4-5(11(2)8)9-7(10)13-3/h4H,8H2,1-3H3. The monoisotopic (exact) mass is 200 g/mol. The summed E-state index contributed by atoms with van der Waals surface area (Å²) in [4.78, 5) is 15.5. The predicted molar refractivity (Wildman–Crippen MR) is 53.8 cm³/mol. The van der Waals surface area contributed by atoms with Gasteiger partial charge in [0.25, 0.3) is 5.56 Å². The molecule has 0 aliphatic heterocycles. The van der Waals surface area contributed by atoms with E-state index in [1.54, 1.807) is 14.1 Å². The molecule has 0 fully saturated rings. The van der Waals surface area contributed by atoms with E-state index in [4.69, 9.17) is 5.84 Å². The first-order valence-electron chi connectivity index (χ1n) is 3.66. The van der Waals surface area contributed by atoms with E-state index in [2.05, 4.69) is 4.98 Å². The molecule has 2 N–H and O–H groups in total. The zero-order valence-corrected chi connectivity index (χ0v) is 8.63. The number of nitrogens with zero attached hydrogens (tertiary/aromatic N) is 3. The van der Waals surface area contributed by atoms with Gasteiger partial charge in [0, 0.05) is 20.2 Å². The zero-order chi connectivity index (χ0) is 10.0. The summed E-state index contributed by atoms with van der Waals surface area (Å²) in [6, 6.07) is 1.40. The van der Waals surface area contributed by atoms with Crippen LogP contribution in [0.1, 0.15) is 0 Å². The second-order valence-corrected chi connectivity index (χ2v) is 3.38. The predicted octanol–water partition coefficient (Wildman–Crippen LogP) is -0.188. The Bertz CT molecular complexity index is 360. The highest BCUT2D eigenvalue weighted by Gasteiger charge is 2.05. The summed E-state index contributed by atoms with van der Waals surface area (Å²) in [7, 11) is 3.33. The summed E-state index contributed by atoms with van der Waals surface area (Å²) in [6.07, 6.45) is 1.86. The van der Waals surface area contributed by atoms with Gasteiger partial charge in [-0.25, -0.2) is 10.8 Å². The second-order valence-electron chi connectivity index (χ2n) is 2.61. The summed E-state index contributed by atoms with van der Waals surface area (Å²) < 4.78 is 1.48. The molecule has 0 saturated heterocycles. The Labute approximate surface area is 80.5 Å². The maximum atomic E-state index is 11.4. The number of nitrogens with two attached hydrogens (primary N) is 1. The number of aromatic nitrogens is 2. The van der Waals surface area contributed by atoms with Gasteiger partial charge in [-0.1, -0.05) is 11.8 Å². The van der Waals surface area contributed by atoms with Crippen molar-refractivity contribution in [1.82, 2.24) is 9.55 Å². The van der Waals surface area contributed by atoms with Crippen LogP contribution in [0, 0.1) is 0 Å². The van der Waals surface area contributed by atoms with E-state index in [9.17, 15) is 4.79 Å². The van der Waals surface area contributed by atoms with Gasteiger partial charge in [0.15, 0.2) is 11.0 Å². The number of rotatable bonds is 2. The van der Waals surface area contributed by atoms with Gasteiger partial charge >= 0.3 is 0 Å². The molecule has 1 aromatic heterocycles. The molecule has 0 aliphatic carbocycles. The zero-order valence-electron chi connectivity index (χ0n) is 7.81. The van der Waals surface area contributed by atoms with Crippen LogP contribution in [-0.2, 0) is 7.05 Å². The van der Waals surface area contributed by atoms with E-state index in [0.29, 0.717) is 11.0 Å². The maximum Gasteiger partial charge on any atom is 0.256 e. The number of anilines is 1. The van der Waals surface area contributed by atoms with Crippen molar-refractivity contribution >= 4 is 17.6 Å². The molecule has 0 atom stereocenters. The van der Waals surface area contributed by atoms with Crippen LogP contribution in [0.25, 0.3) is 0 Å². The van der Waals surface area contributed by atoms with Gasteiger partial charge in [-0.2, -0.15) is 0 Å². The highest BCUT2D eigenvalue weighted by atomic mass is 32.2. The van der Waals surface area contributed by atoms with Crippen LogP contribution in [0.3, 0.4) is 0 Å². The van der Waals surface area contributed by atoms with Crippen molar-refractivity contribution < 1.29 is 0 Å². The molecule has 1 heterocycles. The largest absolute Gasteiger partial charge is 0.298 e. The van der Waals surface area contributed by atoms with Crippen LogP contribution in [0.2, 0.25) is 0 Å². The Morgan fingerprint density at radius 3 is 2.77 bits per heavy atom. The fraction of sp³-hybridized carbons (Fsp3) is 0.429. The summed E-state index contributed by atoms with van der Waals surface area (Å²) in [5, 5.41) is 1.97. The lowest BCUT2D eigenvalue weighted by atomic mass is 10.5. The summed E-state index contributed by atoms with van der Waals surface area (Å²) >= 11 is 1.41. The van der Waals surface area contributed by atoms with Gasteiger partial charge in [0.2, 0.25) is 0 Å². The van der Waals surface area contributed by atoms with Crippen molar-refractivity contribution in [3.63, 3.8) is 0 Å². The highest BCUT2D eigenvalue weighted by Crippen LogP contribution is 2.11. The molecule has 0 amide bonds. The lowest BCUT2D eigenvalue weighted by Crippen LogP contribution is -2.29. The Kier molecular flexibility index (Phi) is 2.94. The molecule has 0 unspecified atom stereocenters. The average molecular weight is 200 g/mol. The Morgan fingerprint density at radius 1 is 1.69 bits per heavy atom. The van der Waals surface area contributed by atoms with Crippen LogP contribution in [0.15, 0.2) is 16.0 Å². The molecule has 1 aromatic rings. The topological polar surface area (TPSA) is 64.2 Å². The first-order valence-corrected chi connectivity index (χ1v) is 4.89. The van der Waals surface area contributed by atoms with Crippen LogP contribution in [-0.4, -0.2) is 22.9 Å². The quantitative estimate of drug-likeness (QED) is 0.310. The van der Waals surface area contributed by atoms with E-state index in [1.165, 1.54) is 27.4 Å². The summed E-state index contributed by atoms with van der Waals surface area (Å²) in [6.45, 7) is 0. The molecule has 0 spiro atoms. The molecular weight excluding hydrogens is 188 g/mol. The van der Waals surface area contributed by atoms with Crippen molar-refractivity contribution in [1.29, 1.82) is 0 Å². The molecule has 1 rings (SSSR count). The van der Waals surface area contributed by atoms with Crippen LogP contribution >= 0.6 is 11.8 Å². The number of hydrogen-bond acceptors (Lipinski definition) is 5. The minimum atomic E-state index is -0.105. The van der Waals surface area contributed by atoms with E-state index in [1.807, 2.05) is 6.26 Å². The molecule has 13 heavy (non-hydrogen) atoms. The molecule has 0 radical (unpaired) electrons. The Morgan fingerprint density at radius 2 is 2.31 bits per heavy atom. The normalized spacial score (nSPS) is 10.2. The van der Waals surface area contributed by atoms with Crippen LogP contribution < -0.4 is 16.4 Å². The smallest absolute Gasteiger partial charge is 0.256 e. The molecule has 72 valence electrons. The van der Waals surface area contributed by atoms with Crippen LogP contribution in [0.5, 0.6) is 0 Å². The molecule has 0 aromatic carbocycles. The third-order valence-corrected chi connectivity index (χ3v) is 2.35.